The Hall–Kier alpha value is -0.820. The topological polar surface area (TPSA) is 57.1 Å². The number of thiophene rings is 1. The third kappa shape index (κ3) is 3.05. The minimum Gasteiger partial charge on any atom is -0.386 e. The Morgan fingerprint density at radius 1 is 1.42 bits per heavy atom. The fourth-order valence-electron chi connectivity index (χ4n) is 4.33. The van der Waals surface area contributed by atoms with Gasteiger partial charge in [-0.05, 0) is 31.9 Å². The fourth-order valence-corrected chi connectivity index (χ4v) is 5.37. The summed E-state index contributed by atoms with van der Waals surface area (Å²) >= 11 is 7.36. The average Bonchev–Trinajstić information content (AvgIpc) is 3.31. The standard InChI is InChI=1S/C17H24ClN3O2S/c1-2-19-17(20-7-12(22)15-5-6-16(18)24-15)21-8-10-11(9-21)14-4-3-13(10)23-14/h5-6,10-14,22H,2-4,7-9H2,1H3,(H,19,20). The van der Waals surface area contributed by atoms with Crippen LogP contribution in [-0.4, -0.2) is 54.4 Å². The highest BCUT2D eigenvalue weighted by atomic mass is 35.5. The minimum absolute atomic E-state index is 0.356. The molecule has 0 aliphatic carbocycles. The summed E-state index contributed by atoms with van der Waals surface area (Å²) in [5.41, 5.74) is 0. The van der Waals surface area contributed by atoms with Crippen molar-refractivity contribution in [3.05, 3.63) is 21.3 Å². The molecule has 5 atom stereocenters. The summed E-state index contributed by atoms with van der Waals surface area (Å²) < 4.78 is 6.74. The van der Waals surface area contributed by atoms with Crippen molar-refractivity contribution in [2.45, 2.75) is 38.1 Å². The summed E-state index contributed by atoms with van der Waals surface area (Å²) in [6.07, 6.45) is 2.73. The molecular weight excluding hydrogens is 346 g/mol. The Bertz CT molecular complexity index is 605. The third-order valence-corrected chi connectivity index (χ3v) is 6.76. The molecule has 3 aliphatic heterocycles. The van der Waals surface area contributed by atoms with Crippen LogP contribution >= 0.6 is 22.9 Å². The number of guanidine groups is 1. The predicted octanol–water partition coefficient (Wildman–Crippen LogP) is 2.51. The van der Waals surface area contributed by atoms with Gasteiger partial charge in [0.1, 0.15) is 6.10 Å². The maximum absolute atomic E-state index is 10.3. The van der Waals surface area contributed by atoms with Crippen LogP contribution in [0.4, 0.5) is 0 Å². The Morgan fingerprint density at radius 2 is 2.12 bits per heavy atom. The van der Waals surface area contributed by atoms with Crippen molar-refractivity contribution in [1.82, 2.24) is 10.2 Å². The Morgan fingerprint density at radius 3 is 2.71 bits per heavy atom. The summed E-state index contributed by atoms with van der Waals surface area (Å²) in [5, 5.41) is 13.7. The molecule has 0 saturated carbocycles. The van der Waals surface area contributed by atoms with Crippen LogP contribution in [0.3, 0.4) is 0 Å². The summed E-state index contributed by atoms with van der Waals surface area (Å²) in [5.74, 6) is 2.20. The van der Waals surface area contributed by atoms with Crippen LogP contribution in [0.2, 0.25) is 4.34 Å². The first-order valence-corrected chi connectivity index (χ1v) is 9.97. The van der Waals surface area contributed by atoms with E-state index in [1.807, 2.05) is 12.1 Å². The molecule has 24 heavy (non-hydrogen) atoms. The molecule has 5 unspecified atom stereocenters. The number of nitrogens with one attached hydrogen (secondary N) is 1. The fraction of sp³-hybridized carbons (Fsp3) is 0.706. The van der Waals surface area contributed by atoms with Crippen molar-refractivity contribution in [3.63, 3.8) is 0 Å². The van der Waals surface area contributed by atoms with E-state index in [9.17, 15) is 5.11 Å². The number of aliphatic hydroxyl groups is 1. The van der Waals surface area contributed by atoms with Gasteiger partial charge in [-0.1, -0.05) is 11.6 Å². The zero-order valence-electron chi connectivity index (χ0n) is 13.8. The number of hydrogen-bond acceptors (Lipinski definition) is 4. The molecule has 1 aromatic heterocycles. The zero-order valence-corrected chi connectivity index (χ0v) is 15.4. The maximum Gasteiger partial charge on any atom is 0.194 e. The molecular formula is C17H24ClN3O2S. The van der Waals surface area contributed by atoms with Gasteiger partial charge in [-0.2, -0.15) is 0 Å². The second kappa shape index (κ2) is 6.83. The second-order valence-corrected chi connectivity index (χ2v) is 8.62. The van der Waals surface area contributed by atoms with E-state index in [0.717, 1.165) is 30.5 Å². The van der Waals surface area contributed by atoms with E-state index >= 15 is 0 Å². The van der Waals surface area contributed by atoms with E-state index in [1.165, 1.54) is 24.2 Å². The Labute approximate surface area is 151 Å². The molecule has 1 aromatic rings. The van der Waals surface area contributed by atoms with Gasteiger partial charge in [0.25, 0.3) is 0 Å². The number of aliphatic hydroxyl groups excluding tert-OH is 1. The van der Waals surface area contributed by atoms with Crippen LogP contribution in [0.5, 0.6) is 0 Å². The van der Waals surface area contributed by atoms with Crippen molar-refractivity contribution < 1.29 is 9.84 Å². The lowest BCUT2D eigenvalue weighted by atomic mass is 9.82. The van der Waals surface area contributed by atoms with Gasteiger partial charge < -0.3 is 20.1 Å². The quantitative estimate of drug-likeness (QED) is 0.632. The van der Waals surface area contributed by atoms with E-state index < -0.39 is 6.10 Å². The number of fused-ring (bicyclic) bond motifs is 5. The van der Waals surface area contributed by atoms with Crippen LogP contribution in [0, 0.1) is 11.8 Å². The lowest BCUT2D eigenvalue weighted by Crippen LogP contribution is -2.41. The number of nitrogens with zero attached hydrogens (tertiary/aromatic N) is 2. The SMILES string of the molecule is CCNC(=NCC(O)c1ccc(Cl)s1)N1CC2C3CCC(O3)C2C1. The van der Waals surface area contributed by atoms with E-state index in [-0.39, 0.29) is 0 Å². The molecule has 7 heteroatoms. The highest BCUT2D eigenvalue weighted by Crippen LogP contribution is 2.47. The molecule has 0 aromatic carbocycles. The van der Waals surface area contributed by atoms with Gasteiger partial charge >= 0.3 is 0 Å². The number of hydrogen-bond donors (Lipinski definition) is 2. The molecule has 0 radical (unpaired) electrons. The number of ether oxygens (including phenoxy) is 1. The largest absolute Gasteiger partial charge is 0.386 e. The normalized spacial score (nSPS) is 33.1. The first-order valence-electron chi connectivity index (χ1n) is 8.77. The van der Waals surface area contributed by atoms with Gasteiger partial charge in [0.15, 0.2) is 5.96 Å². The molecule has 2 N–H and O–H groups in total. The van der Waals surface area contributed by atoms with Crippen LogP contribution in [0.15, 0.2) is 17.1 Å². The average molecular weight is 370 g/mol. The molecule has 2 bridgehead atoms. The van der Waals surface area contributed by atoms with Gasteiger partial charge in [0.05, 0.1) is 23.1 Å². The third-order valence-electron chi connectivity index (χ3n) is 5.42. The summed E-state index contributed by atoms with van der Waals surface area (Å²) in [7, 11) is 0. The summed E-state index contributed by atoms with van der Waals surface area (Å²) in [6.45, 7) is 5.29. The Kier molecular flexibility index (Phi) is 4.73. The van der Waals surface area contributed by atoms with Crippen molar-refractivity contribution in [1.29, 1.82) is 0 Å². The summed E-state index contributed by atoms with van der Waals surface area (Å²) in [4.78, 5) is 7.90. The van der Waals surface area contributed by atoms with Gasteiger partial charge in [0.2, 0.25) is 0 Å². The molecule has 0 spiro atoms. The van der Waals surface area contributed by atoms with Crippen LogP contribution in [0.1, 0.15) is 30.7 Å². The number of aliphatic imine (C=N–C) groups is 1. The minimum atomic E-state index is -0.599. The number of halogens is 1. The van der Waals surface area contributed by atoms with E-state index in [0.29, 0.717) is 34.9 Å². The highest BCUT2D eigenvalue weighted by molar-refractivity contribution is 7.16. The van der Waals surface area contributed by atoms with Crippen LogP contribution < -0.4 is 5.32 Å². The van der Waals surface area contributed by atoms with E-state index in [4.69, 9.17) is 16.3 Å². The Balaban J connectivity index is 1.42. The van der Waals surface area contributed by atoms with Gasteiger partial charge in [-0.15, -0.1) is 11.3 Å². The summed E-state index contributed by atoms with van der Waals surface area (Å²) in [6, 6.07) is 3.69. The van der Waals surface area contributed by atoms with Crippen molar-refractivity contribution >= 4 is 28.9 Å². The lowest BCUT2D eigenvalue weighted by Gasteiger charge is -2.23. The van der Waals surface area contributed by atoms with Gasteiger partial charge in [-0.25, -0.2) is 0 Å². The lowest BCUT2D eigenvalue weighted by molar-refractivity contribution is 0.0766. The van der Waals surface area contributed by atoms with Crippen molar-refractivity contribution in [3.8, 4) is 0 Å². The van der Waals surface area contributed by atoms with Crippen molar-refractivity contribution in [2.75, 3.05) is 26.2 Å². The second-order valence-electron chi connectivity index (χ2n) is 6.88. The predicted molar refractivity (Wildman–Crippen MR) is 96.7 cm³/mol. The molecule has 4 heterocycles. The zero-order chi connectivity index (χ0) is 16.7. The van der Waals surface area contributed by atoms with Gasteiger partial charge in [0, 0.05) is 36.3 Å². The first kappa shape index (κ1) is 16.6. The van der Waals surface area contributed by atoms with Crippen LogP contribution in [0.25, 0.3) is 0 Å². The number of likely N-dealkylation sites (tertiary alicyclic amines) is 1. The van der Waals surface area contributed by atoms with E-state index in [2.05, 4.69) is 22.1 Å². The molecule has 5 nitrogen and oxygen atoms in total. The van der Waals surface area contributed by atoms with E-state index in [1.54, 1.807) is 0 Å². The highest BCUT2D eigenvalue weighted by Gasteiger charge is 2.53. The molecule has 3 aliphatic rings. The first-order chi connectivity index (χ1) is 11.7. The molecule has 3 fully saturated rings. The molecule has 132 valence electrons. The maximum atomic E-state index is 10.3. The molecule has 3 saturated heterocycles. The monoisotopic (exact) mass is 369 g/mol. The van der Waals surface area contributed by atoms with Gasteiger partial charge in [-0.3, -0.25) is 4.99 Å². The molecule has 4 rings (SSSR count). The van der Waals surface area contributed by atoms with Crippen LogP contribution in [-0.2, 0) is 4.74 Å². The smallest absolute Gasteiger partial charge is 0.194 e. The van der Waals surface area contributed by atoms with Crippen molar-refractivity contribution in [2.24, 2.45) is 16.8 Å². The number of rotatable bonds is 4. The molecule has 0 amide bonds.